The Bertz CT molecular complexity index is 387. The molecule has 114 valence electrons. The van der Waals surface area contributed by atoms with Gasteiger partial charge >= 0.3 is 0 Å². The number of nitrogens with one attached hydrogen (secondary N) is 1. The standard InChI is InChI=1S/C15H29N5/c1-4-9-20-10-5-6-14(11-20)13(2)16-8-7-15-17-12-19(3)18-15/h12-14,16H,4-11H2,1-3H3. The summed E-state index contributed by atoms with van der Waals surface area (Å²) in [6.45, 7) is 9.35. The van der Waals surface area contributed by atoms with Gasteiger partial charge in [-0.15, -0.1) is 0 Å². The molecule has 1 aromatic heterocycles. The number of nitrogens with zero attached hydrogens (tertiary/aromatic N) is 4. The van der Waals surface area contributed by atoms with Crippen molar-refractivity contribution >= 4 is 0 Å². The Balaban J connectivity index is 1.69. The number of hydrogen-bond donors (Lipinski definition) is 1. The zero-order chi connectivity index (χ0) is 14.4. The summed E-state index contributed by atoms with van der Waals surface area (Å²) in [6.07, 6.45) is 6.65. The lowest BCUT2D eigenvalue weighted by atomic mass is 9.91. The van der Waals surface area contributed by atoms with E-state index in [4.69, 9.17) is 0 Å². The summed E-state index contributed by atoms with van der Waals surface area (Å²) in [7, 11) is 1.91. The number of likely N-dealkylation sites (tertiary alicyclic amines) is 1. The highest BCUT2D eigenvalue weighted by atomic mass is 15.3. The predicted octanol–water partition coefficient (Wildman–Crippen LogP) is 1.46. The largest absolute Gasteiger partial charge is 0.313 e. The second kappa shape index (κ2) is 7.74. The maximum atomic E-state index is 4.31. The number of hydrogen-bond acceptors (Lipinski definition) is 4. The van der Waals surface area contributed by atoms with Crippen molar-refractivity contribution in [3.63, 3.8) is 0 Å². The van der Waals surface area contributed by atoms with Crippen LogP contribution in [0.3, 0.4) is 0 Å². The van der Waals surface area contributed by atoms with E-state index in [2.05, 4.69) is 34.1 Å². The lowest BCUT2D eigenvalue weighted by Gasteiger charge is -2.36. The van der Waals surface area contributed by atoms with Gasteiger partial charge in [0.1, 0.15) is 6.33 Å². The van der Waals surface area contributed by atoms with Gasteiger partial charge in [0.15, 0.2) is 5.82 Å². The van der Waals surface area contributed by atoms with Crippen molar-refractivity contribution < 1.29 is 0 Å². The van der Waals surface area contributed by atoms with Gasteiger partial charge in [0.05, 0.1) is 0 Å². The first-order valence-corrected chi connectivity index (χ1v) is 7.99. The minimum atomic E-state index is 0.582. The fraction of sp³-hybridized carbons (Fsp3) is 0.867. The molecule has 0 radical (unpaired) electrons. The molecule has 5 heteroatoms. The first kappa shape index (κ1) is 15.4. The van der Waals surface area contributed by atoms with Gasteiger partial charge in [0.25, 0.3) is 0 Å². The Morgan fingerprint density at radius 3 is 3.05 bits per heavy atom. The predicted molar refractivity (Wildman–Crippen MR) is 81.6 cm³/mol. The van der Waals surface area contributed by atoms with E-state index in [1.807, 2.05) is 7.05 Å². The third-order valence-electron chi connectivity index (χ3n) is 4.25. The van der Waals surface area contributed by atoms with Crippen molar-refractivity contribution in [1.29, 1.82) is 0 Å². The molecule has 1 fully saturated rings. The normalized spacial score (nSPS) is 22.1. The van der Waals surface area contributed by atoms with Crippen molar-refractivity contribution in [2.45, 2.75) is 45.6 Å². The Morgan fingerprint density at radius 2 is 2.35 bits per heavy atom. The molecule has 0 amide bonds. The van der Waals surface area contributed by atoms with E-state index in [-0.39, 0.29) is 0 Å². The molecule has 1 N–H and O–H groups in total. The zero-order valence-corrected chi connectivity index (χ0v) is 13.2. The summed E-state index contributed by atoms with van der Waals surface area (Å²) in [5, 5.41) is 7.97. The van der Waals surface area contributed by atoms with Crippen LogP contribution in [0.4, 0.5) is 0 Å². The Morgan fingerprint density at radius 1 is 1.50 bits per heavy atom. The molecule has 1 aliphatic heterocycles. The summed E-state index contributed by atoms with van der Waals surface area (Å²) in [5.74, 6) is 1.72. The van der Waals surface area contributed by atoms with E-state index in [0.29, 0.717) is 6.04 Å². The molecule has 1 aliphatic rings. The number of aromatic nitrogens is 3. The van der Waals surface area contributed by atoms with Crippen molar-refractivity contribution in [2.24, 2.45) is 13.0 Å². The summed E-state index contributed by atoms with van der Waals surface area (Å²) in [4.78, 5) is 6.88. The first-order valence-electron chi connectivity index (χ1n) is 7.99. The van der Waals surface area contributed by atoms with E-state index in [9.17, 15) is 0 Å². The van der Waals surface area contributed by atoms with Crippen LogP contribution in [0.5, 0.6) is 0 Å². The van der Waals surface area contributed by atoms with Gasteiger partial charge < -0.3 is 10.2 Å². The topological polar surface area (TPSA) is 46.0 Å². The van der Waals surface area contributed by atoms with Crippen LogP contribution in [0.2, 0.25) is 0 Å². The molecular weight excluding hydrogens is 250 g/mol. The zero-order valence-electron chi connectivity index (χ0n) is 13.2. The number of piperidine rings is 1. The number of rotatable bonds is 7. The SMILES string of the molecule is CCCN1CCCC(C(C)NCCc2ncn(C)n2)C1. The summed E-state index contributed by atoms with van der Waals surface area (Å²) < 4.78 is 1.77. The maximum absolute atomic E-state index is 4.31. The van der Waals surface area contributed by atoms with Crippen molar-refractivity contribution in [3.05, 3.63) is 12.2 Å². The van der Waals surface area contributed by atoms with Crippen molar-refractivity contribution in [2.75, 3.05) is 26.2 Å². The van der Waals surface area contributed by atoms with Crippen LogP contribution in [0.1, 0.15) is 38.9 Å². The fourth-order valence-electron chi connectivity index (χ4n) is 3.10. The molecule has 2 heterocycles. The van der Waals surface area contributed by atoms with E-state index in [1.165, 1.54) is 38.9 Å². The lowest BCUT2D eigenvalue weighted by Crippen LogP contribution is -2.45. The first-order chi connectivity index (χ1) is 9.69. The Hall–Kier alpha value is -0.940. The molecule has 2 rings (SSSR count). The summed E-state index contributed by atoms with van der Waals surface area (Å²) >= 11 is 0. The quantitative estimate of drug-likeness (QED) is 0.821. The second-order valence-electron chi connectivity index (χ2n) is 6.03. The molecule has 20 heavy (non-hydrogen) atoms. The lowest BCUT2D eigenvalue weighted by molar-refractivity contribution is 0.151. The third-order valence-corrected chi connectivity index (χ3v) is 4.25. The van der Waals surface area contributed by atoms with Crippen LogP contribution in [0.15, 0.2) is 6.33 Å². The molecule has 1 saturated heterocycles. The van der Waals surface area contributed by atoms with E-state index >= 15 is 0 Å². The maximum Gasteiger partial charge on any atom is 0.151 e. The second-order valence-corrected chi connectivity index (χ2v) is 6.03. The minimum Gasteiger partial charge on any atom is -0.313 e. The summed E-state index contributed by atoms with van der Waals surface area (Å²) in [6, 6.07) is 0.582. The molecule has 1 aromatic rings. The van der Waals surface area contributed by atoms with Crippen LogP contribution < -0.4 is 5.32 Å². The van der Waals surface area contributed by atoms with Gasteiger partial charge in [-0.05, 0) is 45.2 Å². The van der Waals surface area contributed by atoms with E-state index in [1.54, 1.807) is 11.0 Å². The highest BCUT2D eigenvalue weighted by Gasteiger charge is 2.23. The van der Waals surface area contributed by atoms with Gasteiger partial charge in [-0.3, -0.25) is 4.68 Å². The van der Waals surface area contributed by atoms with Crippen molar-refractivity contribution in [3.8, 4) is 0 Å². The smallest absolute Gasteiger partial charge is 0.151 e. The van der Waals surface area contributed by atoms with Crippen LogP contribution in [0.25, 0.3) is 0 Å². The minimum absolute atomic E-state index is 0.582. The van der Waals surface area contributed by atoms with Gasteiger partial charge in [-0.1, -0.05) is 6.92 Å². The average Bonchev–Trinajstić information content (AvgIpc) is 2.85. The Kier molecular flexibility index (Phi) is 5.98. The molecule has 0 saturated carbocycles. The highest BCUT2D eigenvalue weighted by molar-refractivity contribution is 4.84. The molecule has 5 nitrogen and oxygen atoms in total. The third kappa shape index (κ3) is 4.56. The van der Waals surface area contributed by atoms with E-state index in [0.717, 1.165) is 24.7 Å². The molecule has 0 aromatic carbocycles. The van der Waals surface area contributed by atoms with E-state index < -0.39 is 0 Å². The van der Waals surface area contributed by atoms with Gasteiger partial charge in [0.2, 0.25) is 0 Å². The van der Waals surface area contributed by atoms with Gasteiger partial charge in [-0.2, -0.15) is 5.10 Å². The molecule has 2 unspecified atom stereocenters. The fourth-order valence-corrected chi connectivity index (χ4v) is 3.10. The highest BCUT2D eigenvalue weighted by Crippen LogP contribution is 2.19. The Labute approximate surface area is 122 Å². The molecule has 0 spiro atoms. The number of aryl methyl sites for hydroxylation is 1. The van der Waals surface area contributed by atoms with Crippen molar-refractivity contribution in [1.82, 2.24) is 25.0 Å². The van der Waals surface area contributed by atoms with Gasteiger partial charge in [-0.25, -0.2) is 4.98 Å². The van der Waals surface area contributed by atoms with Gasteiger partial charge in [0, 0.05) is 32.6 Å². The average molecular weight is 279 g/mol. The van der Waals surface area contributed by atoms with Crippen LogP contribution in [-0.4, -0.2) is 51.9 Å². The molecule has 0 aliphatic carbocycles. The van der Waals surface area contributed by atoms with Crippen LogP contribution >= 0.6 is 0 Å². The molecular formula is C15H29N5. The molecule has 0 bridgehead atoms. The molecule has 2 atom stereocenters. The monoisotopic (exact) mass is 279 g/mol. The van der Waals surface area contributed by atoms with Crippen LogP contribution in [-0.2, 0) is 13.5 Å². The van der Waals surface area contributed by atoms with Crippen LogP contribution in [0, 0.1) is 5.92 Å². The summed E-state index contributed by atoms with van der Waals surface area (Å²) in [5.41, 5.74) is 0.